The Morgan fingerprint density at radius 1 is 1.07 bits per heavy atom. The van der Waals surface area contributed by atoms with Crippen molar-refractivity contribution in [3.63, 3.8) is 0 Å². The number of rotatable bonds is 9. The van der Waals surface area contributed by atoms with Gasteiger partial charge < -0.3 is 10.2 Å². The predicted octanol–water partition coefficient (Wildman–Crippen LogP) is 4.42. The summed E-state index contributed by atoms with van der Waals surface area (Å²) < 4.78 is 0. The summed E-state index contributed by atoms with van der Waals surface area (Å²) in [5, 5.41) is 3.00. The van der Waals surface area contributed by atoms with Crippen LogP contribution in [-0.4, -0.2) is 34.6 Å². The van der Waals surface area contributed by atoms with Gasteiger partial charge >= 0.3 is 0 Å². The monoisotopic (exact) mass is 398 g/mol. The normalized spacial score (nSPS) is 12.9. The van der Waals surface area contributed by atoms with Crippen molar-refractivity contribution in [2.75, 3.05) is 5.75 Å². The molecule has 0 spiro atoms. The predicted molar refractivity (Wildman–Crippen MR) is 116 cm³/mol. The van der Waals surface area contributed by atoms with Crippen LogP contribution in [0.15, 0.2) is 59.5 Å². The fourth-order valence-electron chi connectivity index (χ4n) is 2.80. The fraction of sp³-hybridized carbons (Fsp3) is 0.391. The van der Waals surface area contributed by atoms with E-state index in [-0.39, 0.29) is 17.9 Å². The van der Waals surface area contributed by atoms with Gasteiger partial charge in [-0.05, 0) is 44.9 Å². The van der Waals surface area contributed by atoms with Gasteiger partial charge in [0.15, 0.2) is 0 Å². The van der Waals surface area contributed by atoms with Crippen LogP contribution in [0.25, 0.3) is 0 Å². The van der Waals surface area contributed by atoms with Gasteiger partial charge in [-0.15, -0.1) is 11.8 Å². The molecule has 0 bridgehead atoms. The van der Waals surface area contributed by atoms with Crippen molar-refractivity contribution in [1.82, 2.24) is 10.2 Å². The zero-order valence-corrected chi connectivity index (χ0v) is 18.0. The molecule has 150 valence electrons. The minimum atomic E-state index is -0.529. The van der Waals surface area contributed by atoms with Gasteiger partial charge in [0.2, 0.25) is 11.8 Å². The lowest BCUT2D eigenvalue weighted by molar-refractivity contribution is -0.138. The fourth-order valence-corrected chi connectivity index (χ4v) is 3.61. The van der Waals surface area contributed by atoms with Crippen LogP contribution in [0.3, 0.4) is 0 Å². The van der Waals surface area contributed by atoms with Gasteiger partial charge in [0.25, 0.3) is 0 Å². The summed E-state index contributed by atoms with van der Waals surface area (Å²) in [6, 6.07) is 17.5. The molecular weight excluding hydrogens is 368 g/mol. The first-order valence-corrected chi connectivity index (χ1v) is 10.7. The maximum Gasteiger partial charge on any atom is 0.242 e. The molecule has 0 saturated heterocycles. The van der Waals surface area contributed by atoms with E-state index in [1.807, 2.05) is 69.3 Å². The van der Waals surface area contributed by atoms with E-state index in [4.69, 9.17) is 0 Å². The molecule has 2 rings (SSSR count). The molecule has 4 nitrogen and oxygen atoms in total. The van der Waals surface area contributed by atoms with Crippen LogP contribution in [0.1, 0.15) is 38.3 Å². The Bertz CT molecular complexity index is 779. The van der Waals surface area contributed by atoms with Crippen molar-refractivity contribution in [3.8, 4) is 0 Å². The third-order valence-electron chi connectivity index (χ3n) is 4.71. The van der Waals surface area contributed by atoms with Crippen molar-refractivity contribution < 1.29 is 9.59 Å². The molecule has 0 unspecified atom stereocenters. The summed E-state index contributed by atoms with van der Waals surface area (Å²) in [4.78, 5) is 28.4. The van der Waals surface area contributed by atoms with Crippen molar-refractivity contribution in [2.45, 2.75) is 57.6 Å². The first kappa shape index (κ1) is 22.0. The highest BCUT2D eigenvalue weighted by Gasteiger charge is 2.26. The third-order valence-corrected chi connectivity index (χ3v) is 5.71. The molecule has 0 aliphatic carbocycles. The largest absolute Gasteiger partial charge is 0.352 e. The summed E-state index contributed by atoms with van der Waals surface area (Å²) in [7, 11) is 0. The topological polar surface area (TPSA) is 49.4 Å². The Morgan fingerprint density at radius 3 is 2.43 bits per heavy atom. The van der Waals surface area contributed by atoms with Gasteiger partial charge in [0.05, 0.1) is 5.75 Å². The van der Waals surface area contributed by atoms with E-state index >= 15 is 0 Å². The van der Waals surface area contributed by atoms with Crippen LogP contribution in [0, 0.1) is 6.92 Å². The van der Waals surface area contributed by atoms with Gasteiger partial charge in [-0.25, -0.2) is 0 Å². The molecule has 0 heterocycles. The number of nitrogens with one attached hydrogen (secondary N) is 1. The number of benzene rings is 2. The average molecular weight is 399 g/mol. The quantitative estimate of drug-likeness (QED) is 0.636. The lowest BCUT2D eigenvalue weighted by Gasteiger charge is -2.29. The van der Waals surface area contributed by atoms with Crippen LogP contribution in [0.4, 0.5) is 0 Å². The van der Waals surface area contributed by atoms with Crippen molar-refractivity contribution in [3.05, 3.63) is 65.7 Å². The Morgan fingerprint density at radius 2 is 1.79 bits per heavy atom. The molecular formula is C23H30N2O2S. The van der Waals surface area contributed by atoms with E-state index in [1.165, 1.54) is 11.8 Å². The third kappa shape index (κ3) is 6.71. The second-order valence-corrected chi connectivity index (χ2v) is 8.16. The smallest absolute Gasteiger partial charge is 0.242 e. The Kier molecular flexibility index (Phi) is 8.58. The highest BCUT2D eigenvalue weighted by Crippen LogP contribution is 2.19. The molecule has 5 heteroatoms. The molecule has 0 fully saturated rings. The molecule has 0 aliphatic rings. The van der Waals surface area contributed by atoms with Gasteiger partial charge in [-0.2, -0.15) is 0 Å². The minimum Gasteiger partial charge on any atom is -0.352 e. The first-order chi connectivity index (χ1) is 13.4. The highest BCUT2D eigenvalue weighted by molar-refractivity contribution is 8.00. The second-order valence-electron chi connectivity index (χ2n) is 7.11. The van der Waals surface area contributed by atoms with Crippen molar-refractivity contribution >= 4 is 23.6 Å². The number of thioether (sulfide) groups is 1. The molecule has 0 aliphatic heterocycles. The van der Waals surface area contributed by atoms with E-state index in [0.717, 1.165) is 22.4 Å². The van der Waals surface area contributed by atoms with Crippen LogP contribution in [0.5, 0.6) is 0 Å². The van der Waals surface area contributed by atoms with Crippen LogP contribution in [0.2, 0.25) is 0 Å². The first-order valence-electron chi connectivity index (χ1n) is 9.74. The Balaban J connectivity index is 2.14. The van der Waals surface area contributed by atoms with Gasteiger partial charge in [-0.3, -0.25) is 9.59 Å². The van der Waals surface area contributed by atoms with Gasteiger partial charge in [0.1, 0.15) is 6.04 Å². The average Bonchev–Trinajstić information content (AvgIpc) is 2.70. The highest BCUT2D eigenvalue weighted by atomic mass is 32.2. The summed E-state index contributed by atoms with van der Waals surface area (Å²) >= 11 is 1.50. The minimum absolute atomic E-state index is 0.0397. The standard InChI is InChI=1S/C23H30N2O2S/c1-5-18(3)24-23(27)19(4)25(15-20-11-9-10-17(2)14-20)22(26)16-28-21-12-7-6-8-13-21/h6-14,18-19H,5,15-16H2,1-4H3,(H,24,27)/t18-,19+/m0/s1. The maximum atomic E-state index is 13.0. The van der Waals surface area contributed by atoms with E-state index in [0.29, 0.717) is 12.3 Å². The number of hydrogen-bond donors (Lipinski definition) is 1. The molecule has 0 aromatic heterocycles. The zero-order valence-electron chi connectivity index (χ0n) is 17.1. The molecule has 2 aromatic rings. The number of nitrogens with zero attached hydrogens (tertiary/aromatic N) is 1. The van der Waals surface area contributed by atoms with Crippen LogP contribution >= 0.6 is 11.8 Å². The molecule has 2 atom stereocenters. The van der Waals surface area contributed by atoms with Crippen molar-refractivity contribution in [1.29, 1.82) is 0 Å². The van der Waals surface area contributed by atoms with Crippen molar-refractivity contribution in [2.24, 2.45) is 0 Å². The molecule has 0 radical (unpaired) electrons. The van der Waals surface area contributed by atoms with Crippen LogP contribution < -0.4 is 5.32 Å². The van der Waals surface area contributed by atoms with E-state index in [9.17, 15) is 9.59 Å². The Labute approximate surface area is 172 Å². The SMILES string of the molecule is CC[C@H](C)NC(=O)[C@@H](C)N(Cc1cccc(C)c1)C(=O)CSc1ccccc1. The summed E-state index contributed by atoms with van der Waals surface area (Å²) in [5.74, 6) is 0.152. The summed E-state index contributed by atoms with van der Waals surface area (Å²) in [6.45, 7) is 8.26. The van der Waals surface area contributed by atoms with E-state index in [2.05, 4.69) is 11.4 Å². The van der Waals surface area contributed by atoms with Gasteiger partial charge in [-0.1, -0.05) is 55.0 Å². The number of hydrogen-bond acceptors (Lipinski definition) is 3. The lowest BCUT2D eigenvalue weighted by Crippen LogP contribution is -2.50. The van der Waals surface area contributed by atoms with Gasteiger partial charge in [0, 0.05) is 17.5 Å². The number of aryl methyl sites for hydroxylation is 1. The number of carbonyl (C=O) groups is 2. The number of amides is 2. The molecule has 0 saturated carbocycles. The van der Waals surface area contributed by atoms with Crippen LogP contribution in [-0.2, 0) is 16.1 Å². The Hall–Kier alpha value is -2.27. The molecule has 2 amide bonds. The maximum absolute atomic E-state index is 13.0. The molecule has 2 aromatic carbocycles. The van der Waals surface area contributed by atoms with E-state index in [1.54, 1.807) is 11.8 Å². The number of carbonyl (C=O) groups excluding carboxylic acids is 2. The zero-order chi connectivity index (χ0) is 20.5. The lowest BCUT2D eigenvalue weighted by atomic mass is 10.1. The summed E-state index contributed by atoms with van der Waals surface area (Å²) in [5.41, 5.74) is 2.17. The summed E-state index contributed by atoms with van der Waals surface area (Å²) in [6.07, 6.45) is 0.855. The van der Waals surface area contributed by atoms with E-state index < -0.39 is 6.04 Å². The second kappa shape index (κ2) is 10.9. The molecule has 28 heavy (non-hydrogen) atoms. The molecule has 1 N–H and O–H groups in total.